The highest BCUT2D eigenvalue weighted by atomic mass is 16.7. The number of ether oxygens (including phenoxy) is 2. The van der Waals surface area contributed by atoms with Gasteiger partial charge in [0, 0.05) is 12.8 Å². The maximum atomic E-state index is 12.3. The maximum absolute atomic E-state index is 12.3. The van der Waals surface area contributed by atoms with Crippen molar-refractivity contribution < 1.29 is 24.2 Å². The van der Waals surface area contributed by atoms with E-state index in [2.05, 4.69) is 0 Å². The molecule has 23 heavy (non-hydrogen) atoms. The van der Waals surface area contributed by atoms with Crippen LogP contribution in [-0.4, -0.2) is 40.6 Å². The third kappa shape index (κ3) is 1.56. The standard InChI is InChI=1S/C17H15NO5/c19-9-3-12-10-4-14-15(23-8-22-14)5-11(10)13(20)7-18-16(21)1-2-17(12,18)6-9/h3-5,13,20H,1-2,6-8H2/t13-,17-/m0/s1. The minimum absolute atomic E-state index is 0.00232. The number of rotatable bonds is 0. The molecule has 1 N–H and O–H groups in total. The molecule has 1 aromatic rings. The van der Waals surface area contributed by atoms with E-state index in [9.17, 15) is 14.7 Å². The lowest BCUT2D eigenvalue weighted by atomic mass is 9.83. The van der Waals surface area contributed by atoms with Crippen LogP contribution in [0.4, 0.5) is 0 Å². The molecule has 0 unspecified atom stereocenters. The van der Waals surface area contributed by atoms with E-state index in [0.717, 1.165) is 11.1 Å². The number of aliphatic hydroxyl groups excluding tert-OH is 1. The lowest BCUT2D eigenvalue weighted by Crippen LogP contribution is -2.46. The number of β-amino-alcohol motifs (C(OH)–C–C–N with tert-alkyl or cyclic N) is 1. The van der Waals surface area contributed by atoms with Crippen LogP contribution in [0.3, 0.4) is 0 Å². The Bertz CT molecular complexity index is 798. The summed E-state index contributed by atoms with van der Waals surface area (Å²) in [7, 11) is 0. The Morgan fingerprint density at radius 2 is 2.00 bits per heavy atom. The number of allylic oxidation sites excluding steroid dienone is 1. The van der Waals surface area contributed by atoms with Gasteiger partial charge >= 0.3 is 0 Å². The predicted molar refractivity (Wildman–Crippen MR) is 78.8 cm³/mol. The van der Waals surface area contributed by atoms with Gasteiger partial charge in [0.2, 0.25) is 12.7 Å². The number of ketones is 1. The highest BCUT2D eigenvalue weighted by Crippen LogP contribution is 2.53. The first-order valence-corrected chi connectivity index (χ1v) is 7.76. The number of carbonyl (C=O) groups is 2. The minimum atomic E-state index is -0.806. The second kappa shape index (κ2) is 4.14. The summed E-state index contributed by atoms with van der Waals surface area (Å²) < 4.78 is 10.8. The average molecular weight is 313 g/mol. The number of amides is 1. The van der Waals surface area contributed by atoms with Gasteiger partial charge in [-0.25, -0.2) is 0 Å². The van der Waals surface area contributed by atoms with Crippen LogP contribution >= 0.6 is 0 Å². The van der Waals surface area contributed by atoms with Crippen molar-refractivity contribution >= 4 is 17.3 Å². The van der Waals surface area contributed by atoms with Crippen LogP contribution in [0.15, 0.2) is 18.2 Å². The molecule has 0 saturated carbocycles. The van der Waals surface area contributed by atoms with Crippen molar-refractivity contribution in [3.63, 3.8) is 0 Å². The molecule has 0 bridgehead atoms. The van der Waals surface area contributed by atoms with Gasteiger partial charge in [0.1, 0.15) is 0 Å². The number of hydrogen-bond donors (Lipinski definition) is 1. The van der Waals surface area contributed by atoms with E-state index in [-0.39, 0.29) is 25.0 Å². The van der Waals surface area contributed by atoms with Crippen molar-refractivity contribution in [1.82, 2.24) is 4.90 Å². The van der Waals surface area contributed by atoms with Crippen LogP contribution in [0, 0.1) is 0 Å². The van der Waals surface area contributed by atoms with Gasteiger partial charge in [-0.3, -0.25) is 9.59 Å². The molecule has 4 aliphatic rings. The lowest BCUT2D eigenvalue weighted by Gasteiger charge is -2.35. The number of nitrogens with zero attached hydrogens (tertiary/aromatic N) is 1. The van der Waals surface area contributed by atoms with Crippen LogP contribution in [-0.2, 0) is 9.59 Å². The van der Waals surface area contributed by atoms with E-state index in [1.165, 1.54) is 0 Å². The Hall–Kier alpha value is -2.34. The number of carbonyl (C=O) groups excluding carboxylic acids is 2. The Morgan fingerprint density at radius 1 is 1.22 bits per heavy atom. The quantitative estimate of drug-likeness (QED) is 0.778. The predicted octanol–water partition coefficient (Wildman–Crippen LogP) is 1.18. The summed E-state index contributed by atoms with van der Waals surface area (Å²) in [5.74, 6) is 1.23. The summed E-state index contributed by atoms with van der Waals surface area (Å²) in [4.78, 5) is 26.2. The highest BCUT2D eigenvalue weighted by molar-refractivity contribution is 6.08. The smallest absolute Gasteiger partial charge is 0.231 e. The Kier molecular flexibility index (Phi) is 2.36. The monoisotopic (exact) mass is 313 g/mol. The largest absolute Gasteiger partial charge is 0.454 e. The fourth-order valence-electron chi connectivity index (χ4n) is 4.36. The van der Waals surface area contributed by atoms with E-state index in [1.807, 2.05) is 6.07 Å². The van der Waals surface area contributed by atoms with Gasteiger partial charge in [-0.2, -0.15) is 0 Å². The third-order valence-corrected chi connectivity index (χ3v) is 5.39. The van der Waals surface area contributed by atoms with Crippen LogP contribution in [0.25, 0.3) is 5.57 Å². The fraction of sp³-hybridized carbons (Fsp3) is 0.412. The topological polar surface area (TPSA) is 76.1 Å². The first-order chi connectivity index (χ1) is 11.1. The zero-order chi connectivity index (χ0) is 15.8. The van der Waals surface area contributed by atoms with E-state index in [1.54, 1.807) is 17.0 Å². The molecule has 2 atom stereocenters. The molecule has 6 nitrogen and oxygen atoms in total. The van der Waals surface area contributed by atoms with Crippen molar-refractivity contribution in [2.45, 2.75) is 30.9 Å². The van der Waals surface area contributed by atoms with Gasteiger partial charge < -0.3 is 19.5 Å². The van der Waals surface area contributed by atoms with Crippen molar-refractivity contribution in [2.75, 3.05) is 13.3 Å². The van der Waals surface area contributed by atoms with Crippen molar-refractivity contribution in [1.29, 1.82) is 0 Å². The summed E-state index contributed by atoms with van der Waals surface area (Å²) in [6.45, 7) is 0.359. The first kappa shape index (κ1) is 13.1. The minimum Gasteiger partial charge on any atom is -0.454 e. The van der Waals surface area contributed by atoms with Gasteiger partial charge in [0.25, 0.3) is 0 Å². The molecule has 3 heterocycles. The number of aliphatic hydroxyl groups is 1. The second-order valence-electron chi connectivity index (χ2n) is 6.55. The van der Waals surface area contributed by atoms with Crippen molar-refractivity contribution in [2.24, 2.45) is 0 Å². The zero-order valence-corrected chi connectivity index (χ0v) is 12.4. The van der Waals surface area contributed by atoms with E-state index < -0.39 is 11.6 Å². The molecular formula is C17H15NO5. The Balaban J connectivity index is 1.78. The highest BCUT2D eigenvalue weighted by Gasteiger charge is 2.54. The molecule has 3 aliphatic heterocycles. The number of benzene rings is 1. The first-order valence-electron chi connectivity index (χ1n) is 7.76. The molecule has 1 saturated heterocycles. The van der Waals surface area contributed by atoms with Gasteiger partial charge in [0.05, 0.1) is 18.2 Å². The van der Waals surface area contributed by atoms with Crippen LogP contribution in [0.1, 0.15) is 36.5 Å². The second-order valence-corrected chi connectivity index (χ2v) is 6.55. The van der Waals surface area contributed by atoms with Gasteiger partial charge in [-0.15, -0.1) is 0 Å². The third-order valence-electron chi connectivity index (χ3n) is 5.39. The molecule has 1 fully saturated rings. The zero-order valence-electron chi connectivity index (χ0n) is 12.4. The van der Waals surface area contributed by atoms with E-state index in [0.29, 0.717) is 36.3 Å². The molecule has 0 aromatic heterocycles. The summed E-state index contributed by atoms with van der Waals surface area (Å²) in [6, 6.07) is 3.60. The summed E-state index contributed by atoms with van der Waals surface area (Å²) in [5.41, 5.74) is 1.72. The van der Waals surface area contributed by atoms with Crippen LogP contribution < -0.4 is 9.47 Å². The van der Waals surface area contributed by atoms with Crippen LogP contribution in [0.2, 0.25) is 0 Å². The molecule has 6 heteroatoms. The van der Waals surface area contributed by atoms with E-state index >= 15 is 0 Å². The molecule has 5 rings (SSSR count). The SMILES string of the molecule is O=C1C=C2c3cc4c(cc3[C@@H](O)CN3C(=O)CC[C@]23C1)OCO4. The molecule has 0 radical (unpaired) electrons. The normalized spacial score (nSPS) is 30.7. The Labute approximate surface area is 132 Å². The van der Waals surface area contributed by atoms with Crippen molar-refractivity contribution in [3.8, 4) is 11.5 Å². The van der Waals surface area contributed by atoms with Gasteiger partial charge in [-0.05, 0) is 41.3 Å². The molecular weight excluding hydrogens is 298 g/mol. The van der Waals surface area contributed by atoms with E-state index in [4.69, 9.17) is 9.47 Å². The Morgan fingerprint density at radius 3 is 2.83 bits per heavy atom. The molecule has 1 spiro atoms. The summed E-state index contributed by atoms with van der Waals surface area (Å²) >= 11 is 0. The molecule has 1 aromatic carbocycles. The van der Waals surface area contributed by atoms with Crippen molar-refractivity contribution in [3.05, 3.63) is 29.3 Å². The van der Waals surface area contributed by atoms with Crippen LogP contribution in [0.5, 0.6) is 11.5 Å². The van der Waals surface area contributed by atoms with Gasteiger partial charge in [-0.1, -0.05) is 0 Å². The summed E-state index contributed by atoms with van der Waals surface area (Å²) in [5, 5.41) is 10.7. The fourth-order valence-corrected chi connectivity index (χ4v) is 4.36. The molecule has 1 amide bonds. The molecule has 1 aliphatic carbocycles. The number of fused-ring (bicyclic) bond motifs is 3. The van der Waals surface area contributed by atoms with Gasteiger partial charge in [0.15, 0.2) is 17.3 Å². The maximum Gasteiger partial charge on any atom is 0.231 e. The molecule has 118 valence electrons. The average Bonchev–Trinajstić information content (AvgIpc) is 3.18. The summed E-state index contributed by atoms with van der Waals surface area (Å²) in [6.07, 6.45) is 2.15. The lowest BCUT2D eigenvalue weighted by molar-refractivity contribution is -0.132. The number of hydrogen-bond acceptors (Lipinski definition) is 5.